The lowest BCUT2D eigenvalue weighted by molar-refractivity contribution is 0.647. The van der Waals surface area contributed by atoms with Crippen LogP contribution in [0, 0.1) is 13.8 Å². The van der Waals surface area contributed by atoms with Gasteiger partial charge in [0, 0.05) is 5.38 Å². The Balaban J connectivity index is 2.22. The van der Waals surface area contributed by atoms with Gasteiger partial charge in [0.25, 0.3) is 0 Å². The molecule has 0 aromatic carbocycles. The Labute approximate surface area is 85.6 Å². The minimum atomic E-state index is 0.592. The number of nitrogens with zero attached hydrogens (tertiary/aromatic N) is 4. The summed E-state index contributed by atoms with van der Waals surface area (Å²) in [5.74, 6) is 1.68. The molecule has 0 bridgehead atoms. The molecule has 0 aliphatic carbocycles. The van der Waals surface area contributed by atoms with Gasteiger partial charge in [0.2, 0.25) is 0 Å². The van der Waals surface area contributed by atoms with E-state index in [1.165, 1.54) is 11.3 Å². The third kappa shape index (κ3) is 1.74. The van der Waals surface area contributed by atoms with Crippen LogP contribution >= 0.6 is 11.3 Å². The number of rotatable bonds is 2. The predicted molar refractivity (Wildman–Crippen MR) is 55.1 cm³/mol. The van der Waals surface area contributed by atoms with E-state index in [0.29, 0.717) is 11.7 Å². The fourth-order valence-electron chi connectivity index (χ4n) is 1.26. The first-order chi connectivity index (χ1) is 6.65. The number of thiazole rings is 1. The van der Waals surface area contributed by atoms with Gasteiger partial charge in [0.05, 0.1) is 12.2 Å². The quantitative estimate of drug-likeness (QED) is 0.800. The highest BCUT2D eigenvalue weighted by Crippen LogP contribution is 2.12. The number of aryl methyl sites for hydroxylation is 2. The van der Waals surface area contributed by atoms with Crippen LogP contribution in [-0.4, -0.2) is 19.7 Å². The molecule has 0 atom stereocenters. The Morgan fingerprint density at radius 1 is 1.43 bits per heavy atom. The van der Waals surface area contributed by atoms with Gasteiger partial charge in [-0.2, -0.15) is 5.10 Å². The van der Waals surface area contributed by atoms with E-state index in [2.05, 4.69) is 15.1 Å². The Kier molecular flexibility index (Phi) is 2.20. The number of nitrogen functional groups attached to an aromatic ring is 1. The Morgan fingerprint density at radius 3 is 2.71 bits per heavy atom. The largest absolute Gasteiger partial charge is 0.375 e. The van der Waals surface area contributed by atoms with Crippen molar-refractivity contribution in [3.63, 3.8) is 0 Å². The Morgan fingerprint density at radius 2 is 2.21 bits per heavy atom. The summed E-state index contributed by atoms with van der Waals surface area (Å²) in [5, 5.41) is 6.77. The molecular formula is C8H11N5S. The van der Waals surface area contributed by atoms with Gasteiger partial charge in [-0.25, -0.2) is 14.6 Å². The second-order valence-electron chi connectivity index (χ2n) is 3.04. The minimum Gasteiger partial charge on any atom is -0.375 e. The van der Waals surface area contributed by atoms with E-state index < -0.39 is 0 Å². The van der Waals surface area contributed by atoms with Crippen molar-refractivity contribution in [1.82, 2.24) is 19.7 Å². The average Bonchev–Trinajstić information content (AvgIpc) is 2.61. The van der Waals surface area contributed by atoms with E-state index >= 15 is 0 Å². The monoisotopic (exact) mass is 209 g/mol. The van der Waals surface area contributed by atoms with Crippen molar-refractivity contribution in [1.29, 1.82) is 0 Å². The van der Waals surface area contributed by atoms with Gasteiger partial charge in [0.15, 0.2) is 5.13 Å². The zero-order valence-electron chi connectivity index (χ0n) is 8.06. The summed E-state index contributed by atoms with van der Waals surface area (Å²) in [4.78, 5) is 8.37. The first kappa shape index (κ1) is 9.14. The molecule has 14 heavy (non-hydrogen) atoms. The van der Waals surface area contributed by atoms with Crippen molar-refractivity contribution in [2.75, 3.05) is 5.73 Å². The number of hydrogen-bond acceptors (Lipinski definition) is 5. The zero-order chi connectivity index (χ0) is 10.1. The minimum absolute atomic E-state index is 0.592. The summed E-state index contributed by atoms with van der Waals surface area (Å²) in [6.07, 6.45) is 0. The van der Waals surface area contributed by atoms with Gasteiger partial charge in [-0.05, 0) is 13.8 Å². The second-order valence-corrected chi connectivity index (χ2v) is 3.93. The highest BCUT2D eigenvalue weighted by molar-refractivity contribution is 7.13. The maximum absolute atomic E-state index is 5.54. The van der Waals surface area contributed by atoms with Gasteiger partial charge in [0.1, 0.15) is 11.6 Å². The van der Waals surface area contributed by atoms with Crippen LogP contribution < -0.4 is 5.73 Å². The fourth-order valence-corrected chi connectivity index (χ4v) is 1.81. The van der Waals surface area contributed by atoms with Crippen LogP contribution in [0.1, 0.15) is 17.3 Å². The molecule has 0 aliphatic rings. The number of anilines is 1. The highest BCUT2D eigenvalue weighted by Gasteiger charge is 2.05. The van der Waals surface area contributed by atoms with Gasteiger partial charge in [-0.1, -0.05) is 0 Å². The van der Waals surface area contributed by atoms with E-state index in [9.17, 15) is 0 Å². The van der Waals surface area contributed by atoms with Gasteiger partial charge < -0.3 is 5.73 Å². The maximum atomic E-state index is 5.54. The summed E-state index contributed by atoms with van der Waals surface area (Å²) in [7, 11) is 0. The van der Waals surface area contributed by atoms with Crippen LogP contribution in [0.25, 0.3) is 0 Å². The Hall–Kier alpha value is -1.43. The van der Waals surface area contributed by atoms with Crippen molar-refractivity contribution in [3.05, 3.63) is 22.7 Å². The first-order valence-corrected chi connectivity index (χ1v) is 5.11. The lowest BCUT2D eigenvalue weighted by Crippen LogP contribution is -2.04. The summed E-state index contributed by atoms with van der Waals surface area (Å²) >= 11 is 1.44. The molecule has 0 saturated heterocycles. The SMILES string of the molecule is Cc1nc(C)n(Cc2csc(N)n2)n1. The van der Waals surface area contributed by atoms with Crippen molar-refractivity contribution >= 4 is 16.5 Å². The van der Waals surface area contributed by atoms with E-state index in [0.717, 1.165) is 17.3 Å². The predicted octanol–water partition coefficient (Wildman–Crippen LogP) is 0.982. The van der Waals surface area contributed by atoms with E-state index in [-0.39, 0.29) is 0 Å². The summed E-state index contributed by atoms with van der Waals surface area (Å²) in [6.45, 7) is 4.44. The molecule has 0 unspecified atom stereocenters. The smallest absolute Gasteiger partial charge is 0.180 e. The molecule has 74 valence electrons. The van der Waals surface area contributed by atoms with Gasteiger partial charge in [-0.3, -0.25) is 0 Å². The van der Waals surface area contributed by atoms with Crippen LogP contribution in [-0.2, 0) is 6.54 Å². The molecule has 0 radical (unpaired) electrons. The molecule has 0 fully saturated rings. The molecule has 2 rings (SSSR count). The molecule has 0 spiro atoms. The lowest BCUT2D eigenvalue weighted by atomic mass is 10.5. The first-order valence-electron chi connectivity index (χ1n) is 4.23. The molecule has 2 aromatic heterocycles. The summed E-state index contributed by atoms with van der Waals surface area (Å²) < 4.78 is 1.82. The molecule has 6 heteroatoms. The third-order valence-electron chi connectivity index (χ3n) is 1.84. The highest BCUT2D eigenvalue weighted by atomic mass is 32.1. The lowest BCUT2D eigenvalue weighted by Gasteiger charge is -1.98. The van der Waals surface area contributed by atoms with Gasteiger partial charge >= 0.3 is 0 Å². The average molecular weight is 209 g/mol. The molecule has 2 N–H and O–H groups in total. The third-order valence-corrected chi connectivity index (χ3v) is 2.57. The number of hydrogen-bond donors (Lipinski definition) is 1. The second kappa shape index (κ2) is 3.38. The van der Waals surface area contributed by atoms with Crippen molar-refractivity contribution < 1.29 is 0 Å². The van der Waals surface area contributed by atoms with Crippen LogP contribution in [0.5, 0.6) is 0 Å². The van der Waals surface area contributed by atoms with Crippen LogP contribution in [0.15, 0.2) is 5.38 Å². The topological polar surface area (TPSA) is 69.6 Å². The Bertz CT molecular complexity index is 444. The normalized spacial score (nSPS) is 10.7. The van der Waals surface area contributed by atoms with Crippen LogP contribution in [0.4, 0.5) is 5.13 Å². The molecule has 0 aliphatic heterocycles. The summed E-state index contributed by atoms with van der Waals surface area (Å²) in [5.41, 5.74) is 6.47. The summed E-state index contributed by atoms with van der Waals surface area (Å²) in [6, 6.07) is 0. The standard InChI is InChI=1S/C8H11N5S/c1-5-10-6(2)13(12-5)3-7-4-14-8(9)11-7/h4H,3H2,1-2H3,(H2,9,11). The molecule has 2 aromatic rings. The van der Waals surface area contributed by atoms with Crippen LogP contribution in [0.3, 0.4) is 0 Å². The maximum Gasteiger partial charge on any atom is 0.180 e. The number of nitrogens with two attached hydrogens (primary N) is 1. The van der Waals surface area contributed by atoms with Crippen molar-refractivity contribution in [3.8, 4) is 0 Å². The zero-order valence-corrected chi connectivity index (χ0v) is 8.88. The molecule has 0 amide bonds. The molecule has 0 saturated carbocycles. The van der Waals surface area contributed by atoms with E-state index in [1.807, 2.05) is 23.9 Å². The van der Waals surface area contributed by atoms with Gasteiger partial charge in [-0.15, -0.1) is 11.3 Å². The van der Waals surface area contributed by atoms with E-state index in [4.69, 9.17) is 5.73 Å². The van der Waals surface area contributed by atoms with Crippen LogP contribution in [0.2, 0.25) is 0 Å². The number of aromatic nitrogens is 4. The molecular weight excluding hydrogens is 198 g/mol. The molecule has 5 nitrogen and oxygen atoms in total. The van der Waals surface area contributed by atoms with E-state index in [1.54, 1.807) is 0 Å². The van der Waals surface area contributed by atoms with Crippen molar-refractivity contribution in [2.45, 2.75) is 20.4 Å². The van der Waals surface area contributed by atoms with Crippen molar-refractivity contribution in [2.24, 2.45) is 0 Å². The fraction of sp³-hybridized carbons (Fsp3) is 0.375. The molecule has 2 heterocycles.